The zero-order chi connectivity index (χ0) is 9.52. The van der Waals surface area contributed by atoms with Crippen molar-refractivity contribution in [3.8, 4) is 0 Å². The largest absolute Gasteiger partial charge is 0.382 e. The van der Waals surface area contributed by atoms with Gasteiger partial charge in [0.05, 0.1) is 13.2 Å². The Morgan fingerprint density at radius 2 is 2.00 bits per heavy atom. The molecule has 0 aromatic heterocycles. The van der Waals surface area contributed by atoms with Crippen molar-refractivity contribution in [3.05, 3.63) is 0 Å². The van der Waals surface area contributed by atoms with Crippen LogP contribution in [-0.2, 0) is 9.57 Å². The predicted octanol–water partition coefficient (Wildman–Crippen LogP) is 1.73. The van der Waals surface area contributed by atoms with Crippen LogP contribution in [0.2, 0.25) is 0 Å². The summed E-state index contributed by atoms with van der Waals surface area (Å²) in [6.07, 6.45) is 5.27. The summed E-state index contributed by atoms with van der Waals surface area (Å²) in [4.78, 5) is 5.31. The average molecular weight is 187 g/mol. The third-order valence-electron chi connectivity index (χ3n) is 2.74. The molecule has 3 heteroatoms. The fraction of sp³-hybridized carbons (Fsp3) is 1.00. The van der Waals surface area contributed by atoms with Gasteiger partial charge in [-0.2, -0.15) is 5.48 Å². The molecule has 1 N–H and O–H groups in total. The molecule has 0 aromatic carbocycles. The first kappa shape index (κ1) is 11.0. The van der Waals surface area contributed by atoms with Crippen LogP contribution in [0, 0.1) is 5.92 Å². The van der Waals surface area contributed by atoms with Gasteiger partial charge in [-0.25, -0.2) is 0 Å². The Bertz CT molecular complexity index is 130. The Morgan fingerprint density at radius 1 is 1.23 bits per heavy atom. The van der Waals surface area contributed by atoms with Crippen LogP contribution in [0.25, 0.3) is 0 Å². The molecule has 0 bridgehead atoms. The summed E-state index contributed by atoms with van der Waals surface area (Å²) in [5, 5.41) is 0. The highest BCUT2D eigenvalue weighted by atomic mass is 16.7. The van der Waals surface area contributed by atoms with Crippen LogP contribution in [0.15, 0.2) is 0 Å². The highest BCUT2D eigenvalue weighted by Gasteiger charge is 2.20. The molecule has 0 radical (unpaired) electrons. The molecule has 1 saturated carbocycles. The van der Waals surface area contributed by atoms with Crippen LogP contribution < -0.4 is 5.48 Å². The molecule has 0 aliphatic heterocycles. The highest BCUT2D eigenvalue weighted by molar-refractivity contribution is 4.75. The minimum atomic E-state index is 0.547. The first-order valence-electron chi connectivity index (χ1n) is 5.21. The van der Waals surface area contributed by atoms with Crippen LogP contribution in [0.1, 0.15) is 32.6 Å². The Balaban J connectivity index is 2.05. The normalized spacial score (nSPS) is 29.1. The average Bonchev–Trinajstić information content (AvgIpc) is 2.15. The van der Waals surface area contributed by atoms with Crippen molar-refractivity contribution in [1.82, 2.24) is 5.48 Å². The van der Waals surface area contributed by atoms with E-state index in [0.717, 1.165) is 5.92 Å². The molecule has 0 saturated heterocycles. The van der Waals surface area contributed by atoms with E-state index < -0.39 is 0 Å². The molecule has 3 nitrogen and oxygen atoms in total. The first-order valence-corrected chi connectivity index (χ1v) is 5.21. The molecule has 0 heterocycles. The predicted molar refractivity (Wildman–Crippen MR) is 52.4 cm³/mol. The van der Waals surface area contributed by atoms with E-state index in [1.165, 1.54) is 25.7 Å². The number of methoxy groups -OCH3 is 1. The number of hydroxylamine groups is 1. The van der Waals surface area contributed by atoms with Gasteiger partial charge in [-0.1, -0.05) is 19.8 Å². The summed E-state index contributed by atoms with van der Waals surface area (Å²) >= 11 is 0. The number of hydrogen-bond acceptors (Lipinski definition) is 3. The molecule has 2 unspecified atom stereocenters. The Kier molecular flexibility index (Phi) is 5.35. The number of nitrogens with one attached hydrogen (secondary N) is 1. The molecular weight excluding hydrogens is 166 g/mol. The van der Waals surface area contributed by atoms with Crippen LogP contribution in [0.3, 0.4) is 0 Å². The van der Waals surface area contributed by atoms with Gasteiger partial charge in [-0.3, -0.25) is 4.84 Å². The summed E-state index contributed by atoms with van der Waals surface area (Å²) in [7, 11) is 1.69. The van der Waals surface area contributed by atoms with Gasteiger partial charge in [0.15, 0.2) is 0 Å². The maximum absolute atomic E-state index is 5.31. The van der Waals surface area contributed by atoms with E-state index in [4.69, 9.17) is 9.57 Å². The van der Waals surface area contributed by atoms with Gasteiger partial charge in [0.25, 0.3) is 0 Å². The van der Waals surface area contributed by atoms with Crippen molar-refractivity contribution in [2.24, 2.45) is 5.92 Å². The topological polar surface area (TPSA) is 30.5 Å². The summed E-state index contributed by atoms with van der Waals surface area (Å²) in [6, 6.07) is 0.547. The monoisotopic (exact) mass is 187 g/mol. The molecule has 0 spiro atoms. The van der Waals surface area contributed by atoms with E-state index in [-0.39, 0.29) is 0 Å². The standard InChI is InChI=1S/C10H21NO2/c1-9-5-3-4-6-10(9)11-13-8-7-12-2/h9-11H,3-8H2,1-2H3. The van der Waals surface area contributed by atoms with Gasteiger partial charge in [0, 0.05) is 13.2 Å². The third kappa shape index (κ3) is 4.07. The summed E-state index contributed by atoms with van der Waals surface area (Å²) in [6.45, 7) is 3.59. The van der Waals surface area contributed by atoms with E-state index in [1.807, 2.05) is 0 Å². The maximum atomic E-state index is 5.31. The second kappa shape index (κ2) is 6.35. The summed E-state index contributed by atoms with van der Waals surface area (Å²) in [5.74, 6) is 0.747. The van der Waals surface area contributed by atoms with E-state index in [1.54, 1.807) is 7.11 Å². The van der Waals surface area contributed by atoms with Crippen LogP contribution >= 0.6 is 0 Å². The Labute approximate surface area is 80.7 Å². The van der Waals surface area contributed by atoms with Crippen LogP contribution in [-0.4, -0.2) is 26.4 Å². The van der Waals surface area contributed by atoms with Crippen LogP contribution in [0.5, 0.6) is 0 Å². The fourth-order valence-electron chi connectivity index (χ4n) is 1.78. The second-order valence-corrected chi connectivity index (χ2v) is 3.83. The molecule has 0 amide bonds. The van der Waals surface area contributed by atoms with Gasteiger partial charge in [-0.05, 0) is 18.8 Å². The van der Waals surface area contributed by atoms with E-state index in [2.05, 4.69) is 12.4 Å². The van der Waals surface area contributed by atoms with Crippen LogP contribution in [0.4, 0.5) is 0 Å². The molecule has 1 fully saturated rings. The summed E-state index contributed by atoms with van der Waals surface area (Å²) < 4.78 is 4.89. The van der Waals surface area contributed by atoms with Gasteiger partial charge < -0.3 is 4.74 Å². The van der Waals surface area contributed by atoms with Crippen molar-refractivity contribution >= 4 is 0 Å². The van der Waals surface area contributed by atoms with Gasteiger partial charge in [-0.15, -0.1) is 0 Å². The smallest absolute Gasteiger partial charge is 0.0915 e. The Hall–Kier alpha value is -0.120. The molecule has 1 aliphatic rings. The SMILES string of the molecule is COCCONC1CCCCC1C. The lowest BCUT2D eigenvalue weighted by atomic mass is 9.86. The van der Waals surface area contributed by atoms with E-state index >= 15 is 0 Å². The van der Waals surface area contributed by atoms with Crippen molar-refractivity contribution in [2.75, 3.05) is 20.3 Å². The minimum Gasteiger partial charge on any atom is -0.382 e. The van der Waals surface area contributed by atoms with Crippen molar-refractivity contribution < 1.29 is 9.57 Å². The van der Waals surface area contributed by atoms with Crippen molar-refractivity contribution in [1.29, 1.82) is 0 Å². The molecule has 78 valence electrons. The quantitative estimate of drug-likeness (QED) is 0.525. The third-order valence-corrected chi connectivity index (χ3v) is 2.74. The highest BCUT2D eigenvalue weighted by Crippen LogP contribution is 2.23. The summed E-state index contributed by atoms with van der Waals surface area (Å²) in [5.41, 5.74) is 3.13. The van der Waals surface area contributed by atoms with E-state index in [0.29, 0.717) is 19.3 Å². The van der Waals surface area contributed by atoms with Gasteiger partial charge in [0.1, 0.15) is 0 Å². The number of ether oxygens (including phenoxy) is 1. The van der Waals surface area contributed by atoms with Gasteiger partial charge >= 0.3 is 0 Å². The molecular formula is C10H21NO2. The number of hydrogen-bond donors (Lipinski definition) is 1. The molecule has 0 aromatic rings. The second-order valence-electron chi connectivity index (χ2n) is 3.83. The van der Waals surface area contributed by atoms with E-state index in [9.17, 15) is 0 Å². The lowest BCUT2D eigenvalue weighted by Crippen LogP contribution is -2.37. The lowest BCUT2D eigenvalue weighted by Gasteiger charge is -2.28. The zero-order valence-electron chi connectivity index (χ0n) is 8.71. The molecule has 1 aliphatic carbocycles. The number of rotatable bonds is 5. The fourth-order valence-corrected chi connectivity index (χ4v) is 1.78. The molecule has 2 atom stereocenters. The zero-order valence-corrected chi connectivity index (χ0v) is 8.71. The maximum Gasteiger partial charge on any atom is 0.0915 e. The lowest BCUT2D eigenvalue weighted by molar-refractivity contribution is -0.0283. The molecule has 1 rings (SSSR count). The van der Waals surface area contributed by atoms with Crippen molar-refractivity contribution in [3.63, 3.8) is 0 Å². The Morgan fingerprint density at radius 3 is 2.69 bits per heavy atom. The molecule has 13 heavy (non-hydrogen) atoms. The van der Waals surface area contributed by atoms with Crippen molar-refractivity contribution in [2.45, 2.75) is 38.6 Å². The first-order chi connectivity index (χ1) is 6.34. The van der Waals surface area contributed by atoms with Gasteiger partial charge in [0.2, 0.25) is 0 Å². The minimum absolute atomic E-state index is 0.547.